The molecule has 11 heteroatoms. The Bertz CT molecular complexity index is 826. The summed E-state index contributed by atoms with van der Waals surface area (Å²) in [4.78, 5) is 0. The van der Waals surface area contributed by atoms with Gasteiger partial charge in [-0.2, -0.15) is 0 Å². The molecule has 0 saturated carbocycles. The molecule has 0 radical (unpaired) electrons. The van der Waals surface area contributed by atoms with Gasteiger partial charge in [-0.15, -0.1) is 0 Å². The van der Waals surface area contributed by atoms with Crippen LogP contribution < -0.4 is 0 Å². The van der Waals surface area contributed by atoms with Crippen LogP contribution in [0.25, 0.3) is 0 Å². The zero-order valence-corrected chi connectivity index (χ0v) is 21.9. The van der Waals surface area contributed by atoms with Crippen LogP contribution in [0.4, 0.5) is 8.78 Å². The Kier molecular flexibility index (Phi) is 12.2. The van der Waals surface area contributed by atoms with E-state index in [2.05, 4.69) is 45.2 Å². The summed E-state index contributed by atoms with van der Waals surface area (Å²) in [6, 6.07) is 9.27. The summed E-state index contributed by atoms with van der Waals surface area (Å²) < 4.78 is 54.3. The minimum Gasteiger partial charge on any atom is -0.409 e. The van der Waals surface area contributed by atoms with Crippen LogP contribution in [0.3, 0.4) is 0 Å². The molecule has 1 saturated heterocycles. The summed E-state index contributed by atoms with van der Waals surface area (Å²) in [6.45, 7) is 7.49. The summed E-state index contributed by atoms with van der Waals surface area (Å²) in [5.74, 6) is -0.501. The van der Waals surface area contributed by atoms with E-state index in [0.29, 0.717) is 26.4 Å². The third-order valence-electron chi connectivity index (χ3n) is 3.92. The lowest BCUT2D eigenvalue weighted by molar-refractivity contribution is 0.156. The smallest absolute Gasteiger partial charge is 0.409 e. The Labute approximate surface area is 210 Å². The minimum absolute atomic E-state index is 0.126. The van der Waals surface area contributed by atoms with Crippen molar-refractivity contribution in [3.8, 4) is 0 Å². The molecule has 168 valence electrons. The first-order valence-corrected chi connectivity index (χ1v) is 11.9. The molecule has 1 fully saturated rings. The molecule has 2 aromatic carbocycles. The molecule has 0 amide bonds. The topological polar surface area (TPSA) is 46.2 Å². The van der Waals surface area contributed by atoms with Gasteiger partial charge in [0.25, 0.3) is 0 Å². The van der Waals surface area contributed by atoms with Gasteiger partial charge in [-0.25, -0.2) is 8.78 Å². The second-order valence-corrected chi connectivity index (χ2v) is 9.20. The summed E-state index contributed by atoms with van der Waals surface area (Å²) in [5.41, 5.74) is 1.65. The highest BCUT2D eigenvalue weighted by molar-refractivity contribution is 14.1. The first-order valence-electron chi connectivity index (χ1n) is 9.74. The van der Waals surface area contributed by atoms with Crippen LogP contribution in [0.5, 0.6) is 0 Å². The maximum atomic E-state index is 13.0. The number of hydrogen-bond donors (Lipinski definition) is 0. The first kappa shape index (κ1) is 26.9. The van der Waals surface area contributed by atoms with E-state index in [0.717, 1.165) is 18.3 Å². The molecule has 1 aliphatic rings. The van der Waals surface area contributed by atoms with Crippen LogP contribution in [0.15, 0.2) is 36.4 Å². The van der Waals surface area contributed by atoms with Crippen molar-refractivity contribution < 1.29 is 32.1 Å². The van der Waals surface area contributed by atoms with Crippen molar-refractivity contribution >= 4 is 59.6 Å². The number of halogens is 4. The number of rotatable bonds is 8. The maximum absolute atomic E-state index is 13.0. The molecular weight excluding hydrogens is 634 g/mol. The van der Waals surface area contributed by atoms with Crippen LogP contribution in [0.2, 0.25) is 6.82 Å². The molecular formula is C20H24B2F2I2O5. The third-order valence-corrected chi connectivity index (χ3v) is 6.02. The average molecular weight is 658 g/mol. The molecule has 0 unspecified atom stereocenters. The van der Waals surface area contributed by atoms with E-state index in [-0.39, 0.29) is 24.9 Å². The van der Waals surface area contributed by atoms with E-state index >= 15 is 0 Å². The van der Waals surface area contributed by atoms with Crippen LogP contribution in [-0.2, 0) is 36.5 Å². The van der Waals surface area contributed by atoms with E-state index in [1.807, 2.05) is 20.7 Å². The molecule has 0 bridgehead atoms. The number of hydrogen-bond acceptors (Lipinski definition) is 5. The summed E-state index contributed by atoms with van der Waals surface area (Å²) in [7, 11) is -0.886. The molecule has 0 atom stereocenters. The zero-order valence-electron chi connectivity index (χ0n) is 17.6. The Balaban J connectivity index is 0.000000220. The first-order chi connectivity index (χ1) is 14.7. The van der Waals surface area contributed by atoms with Crippen molar-refractivity contribution in [2.24, 2.45) is 0 Å². The summed E-state index contributed by atoms with van der Waals surface area (Å²) in [6.07, 6.45) is 0.126. The molecule has 0 N–H and O–H groups in total. The zero-order chi connectivity index (χ0) is 22.8. The Morgan fingerprint density at radius 3 is 2.00 bits per heavy atom. The van der Waals surface area contributed by atoms with Crippen LogP contribution >= 0.6 is 45.2 Å². The molecule has 1 aliphatic heterocycles. The van der Waals surface area contributed by atoms with E-state index in [4.69, 9.17) is 23.3 Å². The highest BCUT2D eigenvalue weighted by Crippen LogP contribution is 2.17. The molecule has 0 aromatic heterocycles. The van der Waals surface area contributed by atoms with Gasteiger partial charge < -0.3 is 23.3 Å². The van der Waals surface area contributed by atoms with Gasteiger partial charge in [-0.1, -0.05) is 0 Å². The minimum atomic E-state index is -0.607. The van der Waals surface area contributed by atoms with Gasteiger partial charge in [0.15, 0.2) is 0 Å². The Hall–Kier alpha value is -0.310. The quantitative estimate of drug-likeness (QED) is 0.279. The Morgan fingerprint density at radius 1 is 0.968 bits per heavy atom. The van der Waals surface area contributed by atoms with E-state index in [9.17, 15) is 8.78 Å². The molecule has 0 aliphatic carbocycles. The van der Waals surface area contributed by atoms with Gasteiger partial charge >= 0.3 is 14.4 Å². The van der Waals surface area contributed by atoms with Gasteiger partial charge in [0.1, 0.15) is 11.6 Å². The SMILES string of the molecule is CB(OCc1cc(F)ccc1I)OC(C)C.Fc1ccc(I)c(COB2OCCO2)c1. The predicted molar refractivity (Wildman–Crippen MR) is 133 cm³/mol. The lowest BCUT2D eigenvalue weighted by atomic mass is 9.94. The van der Waals surface area contributed by atoms with Crippen LogP contribution in [0, 0.1) is 18.8 Å². The van der Waals surface area contributed by atoms with Gasteiger partial charge in [0.2, 0.25) is 0 Å². The monoisotopic (exact) mass is 658 g/mol. The largest absolute Gasteiger partial charge is 0.639 e. The van der Waals surface area contributed by atoms with Crippen LogP contribution in [-0.4, -0.2) is 33.8 Å². The second-order valence-electron chi connectivity index (χ2n) is 6.88. The average Bonchev–Trinajstić information content (AvgIpc) is 3.23. The lowest BCUT2D eigenvalue weighted by Crippen LogP contribution is -2.22. The highest BCUT2D eigenvalue weighted by atomic mass is 127. The van der Waals surface area contributed by atoms with Gasteiger partial charge in [-0.3, -0.25) is 0 Å². The molecule has 0 spiro atoms. The molecule has 1 heterocycles. The highest BCUT2D eigenvalue weighted by Gasteiger charge is 2.26. The van der Waals surface area contributed by atoms with Crippen molar-refractivity contribution in [3.05, 3.63) is 66.3 Å². The predicted octanol–water partition coefficient (Wildman–Crippen LogP) is 5.47. The standard InChI is InChI=1S/C11H15BFIO2.C9H9BFIO3/c1-8(2)16-12(3)15-7-9-6-10(13)4-5-11(9)14;11-8-1-2-9(12)7(5-8)6-15-10-13-3-4-14-10/h4-6,8H,7H2,1-3H3;1-2,5H,3-4,6H2. The van der Waals surface area contributed by atoms with Crippen molar-refractivity contribution in [1.82, 2.24) is 0 Å². The summed E-state index contributed by atoms with van der Waals surface area (Å²) >= 11 is 4.30. The van der Waals surface area contributed by atoms with Crippen molar-refractivity contribution in [2.75, 3.05) is 13.2 Å². The third kappa shape index (κ3) is 10.4. The fourth-order valence-electron chi connectivity index (χ4n) is 2.53. The molecule has 31 heavy (non-hydrogen) atoms. The van der Waals surface area contributed by atoms with Gasteiger partial charge in [0.05, 0.1) is 26.4 Å². The fourth-order valence-corrected chi connectivity index (χ4v) is 3.51. The lowest BCUT2D eigenvalue weighted by Gasteiger charge is -2.14. The van der Waals surface area contributed by atoms with E-state index in [1.165, 1.54) is 24.3 Å². The van der Waals surface area contributed by atoms with E-state index < -0.39 is 7.32 Å². The molecule has 5 nitrogen and oxygen atoms in total. The normalized spacial score (nSPS) is 13.4. The van der Waals surface area contributed by atoms with Crippen molar-refractivity contribution in [3.63, 3.8) is 0 Å². The molecule has 2 aromatic rings. The maximum Gasteiger partial charge on any atom is 0.639 e. The van der Waals surface area contributed by atoms with E-state index in [1.54, 1.807) is 12.1 Å². The Morgan fingerprint density at radius 2 is 1.48 bits per heavy atom. The second kappa shape index (κ2) is 14.1. The van der Waals surface area contributed by atoms with Gasteiger partial charge in [-0.05, 0) is 113 Å². The van der Waals surface area contributed by atoms with Crippen molar-refractivity contribution in [1.29, 1.82) is 0 Å². The van der Waals surface area contributed by atoms with Gasteiger partial charge in [0, 0.05) is 13.2 Å². The van der Waals surface area contributed by atoms with Crippen molar-refractivity contribution in [2.45, 2.75) is 40.0 Å². The van der Waals surface area contributed by atoms with Crippen LogP contribution in [0.1, 0.15) is 25.0 Å². The number of benzene rings is 2. The summed E-state index contributed by atoms with van der Waals surface area (Å²) in [5, 5.41) is 0. The fraction of sp³-hybridized carbons (Fsp3) is 0.400. The molecule has 3 rings (SSSR count).